The first-order chi connectivity index (χ1) is 37.6. The largest absolute Gasteiger partial charge is 0.462 e. The highest BCUT2D eigenvalue weighted by atomic mass is 16.6. The lowest BCUT2D eigenvalue weighted by Gasteiger charge is -2.18. The van der Waals surface area contributed by atoms with E-state index in [1.807, 2.05) is 0 Å². The first-order valence-corrected chi connectivity index (χ1v) is 35.1. The predicted molar refractivity (Wildman–Crippen MR) is 335 cm³/mol. The van der Waals surface area contributed by atoms with Crippen LogP contribution in [0.4, 0.5) is 0 Å². The molecule has 77 heavy (non-hydrogen) atoms. The van der Waals surface area contributed by atoms with Gasteiger partial charge >= 0.3 is 17.9 Å². The second-order valence-electron chi connectivity index (χ2n) is 25.7. The van der Waals surface area contributed by atoms with E-state index in [2.05, 4.69) is 41.5 Å². The van der Waals surface area contributed by atoms with E-state index in [-0.39, 0.29) is 31.1 Å². The van der Waals surface area contributed by atoms with Crippen molar-refractivity contribution in [3.8, 4) is 0 Å². The average molecular weight is 1090 g/mol. The number of hydrogen-bond donors (Lipinski definition) is 0. The Morgan fingerprint density at radius 3 is 0.675 bits per heavy atom. The fraction of sp³-hybridized carbons (Fsp3) is 0.958. The zero-order valence-corrected chi connectivity index (χ0v) is 53.3. The molecule has 2 atom stereocenters. The van der Waals surface area contributed by atoms with Gasteiger partial charge in [-0.2, -0.15) is 0 Å². The molecule has 0 amide bonds. The van der Waals surface area contributed by atoms with Crippen molar-refractivity contribution < 1.29 is 28.6 Å². The molecule has 0 aliphatic rings. The van der Waals surface area contributed by atoms with Crippen LogP contribution in [0.3, 0.4) is 0 Å². The molecule has 0 fully saturated rings. The van der Waals surface area contributed by atoms with E-state index in [0.29, 0.717) is 19.3 Å². The smallest absolute Gasteiger partial charge is 0.306 e. The van der Waals surface area contributed by atoms with Crippen molar-refractivity contribution in [2.75, 3.05) is 13.2 Å². The molecule has 0 N–H and O–H groups in total. The van der Waals surface area contributed by atoms with Gasteiger partial charge < -0.3 is 14.2 Å². The second kappa shape index (κ2) is 62.0. The van der Waals surface area contributed by atoms with Crippen molar-refractivity contribution in [2.45, 2.75) is 407 Å². The molecular weight excluding hydrogens is 949 g/mol. The first-order valence-electron chi connectivity index (χ1n) is 35.1. The summed E-state index contributed by atoms with van der Waals surface area (Å²) in [5, 5.41) is 0. The molecule has 0 heterocycles. The number of unbranched alkanes of at least 4 members (excludes halogenated alkanes) is 46. The van der Waals surface area contributed by atoms with Crippen molar-refractivity contribution >= 4 is 17.9 Å². The topological polar surface area (TPSA) is 78.9 Å². The lowest BCUT2D eigenvalue weighted by atomic mass is 9.99. The van der Waals surface area contributed by atoms with Gasteiger partial charge in [-0.3, -0.25) is 14.4 Å². The molecule has 0 aromatic carbocycles. The van der Waals surface area contributed by atoms with Gasteiger partial charge in [0.05, 0.1) is 0 Å². The molecule has 6 nitrogen and oxygen atoms in total. The summed E-state index contributed by atoms with van der Waals surface area (Å²) in [7, 11) is 0. The fourth-order valence-electron chi connectivity index (χ4n) is 11.1. The summed E-state index contributed by atoms with van der Waals surface area (Å²) >= 11 is 0. The van der Waals surface area contributed by atoms with Gasteiger partial charge in [0.15, 0.2) is 6.10 Å². The molecule has 0 spiro atoms. The van der Waals surface area contributed by atoms with Gasteiger partial charge in [-0.05, 0) is 37.0 Å². The van der Waals surface area contributed by atoms with E-state index in [1.54, 1.807) is 0 Å². The second-order valence-corrected chi connectivity index (χ2v) is 25.7. The van der Waals surface area contributed by atoms with Crippen LogP contribution in [0, 0.1) is 17.8 Å². The van der Waals surface area contributed by atoms with E-state index < -0.39 is 6.10 Å². The predicted octanol–water partition coefficient (Wildman–Crippen LogP) is 23.8. The maximum Gasteiger partial charge on any atom is 0.306 e. The summed E-state index contributed by atoms with van der Waals surface area (Å²) in [5.41, 5.74) is 0. The molecule has 0 aromatic rings. The number of carbonyl (C=O) groups is 3. The maximum atomic E-state index is 13.0. The zero-order chi connectivity index (χ0) is 56.2. The van der Waals surface area contributed by atoms with Crippen LogP contribution in [-0.2, 0) is 28.6 Å². The van der Waals surface area contributed by atoms with Crippen LogP contribution in [0.5, 0.6) is 0 Å². The average Bonchev–Trinajstić information content (AvgIpc) is 3.41. The van der Waals surface area contributed by atoms with Gasteiger partial charge in [-0.25, -0.2) is 0 Å². The molecule has 0 saturated heterocycles. The normalized spacial score (nSPS) is 12.5. The lowest BCUT2D eigenvalue weighted by molar-refractivity contribution is -0.167. The van der Waals surface area contributed by atoms with Gasteiger partial charge in [0.2, 0.25) is 0 Å². The highest BCUT2D eigenvalue weighted by Gasteiger charge is 2.20. The van der Waals surface area contributed by atoms with Crippen molar-refractivity contribution in [1.82, 2.24) is 0 Å². The van der Waals surface area contributed by atoms with Crippen molar-refractivity contribution in [1.29, 1.82) is 0 Å². The number of hydrogen-bond acceptors (Lipinski definition) is 6. The van der Waals surface area contributed by atoms with Crippen molar-refractivity contribution in [2.24, 2.45) is 17.8 Å². The number of rotatable bonds is 64. The maximum absolute atomic E-state index is 13.0. The van der Waals surface area contributed by atoms with Crippen LogP contribution >= 0.6 is 0 Å². The van der Waals surface area contributed by atoms with Gasteiger partial charge in [-0.15, -0.1) is 0 Å². The van der Waals surface area contributed by atoms with E-state index in [1.165, 1.54) is 283 Å². The standard InChI is InChI=1S/C71H138O6/c1-7-67(6)59-53-47-41-35-29-23-17-13-9-11-15-19-25-32-38-44-50-56-62-71(74)77-68(64-76-70(73)61-55-49-43-37-31-26-20-22-28-34-40-46-52-58-66(4)5)63-75-69(72)60-54-48-42-36-30-24-18-14-10-8-12-16-21-27-33-39-45-51-57-65(2)3/h65-68H,7-64H2,1-6H3/t67?,68-/m0/s1. The summed E-state index contributed by atoms with van der Waals surface area (Å²) in [4.78, 5) is 38.5. The van der Waals surface area contributed by atoms with E-state index >= 15 is 0 Å². The Morgan fingerprint density at radius 1 is 0.260 bits per heavy atom. The minimum Gasteiger partial charge on any atom is -0.462 e. The third-order valence-corrected chi connectivity index (χ3v) is 16.8. The third-order valence-electron chi connectivity index (χ3n) is 16.8. The minimum absolute atomic E-state index is 0.0618. The monoisotopic (exact) mass is 1090 g/mol. The van der Waals surface area contributed by atoms with Gasteiger partial charge in [0.25, 0.3) is 0 Å². The molecule has 0 aliphatic heterocycles. The van der Waals surface area contributed by atoms with Crippen LogP contribution in [0.2, 0.25) is 0 Å². The Balaban J connectivity index is 4.27. The fourth-order valence-corrected chi connectivity index (χ4v) is 11.1. The molecule has 6 heteroatoms. The van der Waals surface area contributed by atoms with Crippen molar-refractivity contribution in [3.63, 3.8) is 0 Å². The van der Waals surface area contributed by atoms with Gasteiger partial charge in [0, 0.05) is 19.3 Å². The molecule has 1 unspecified atom stereocenters. The zero-order valence-electron chi connectivity index (χ0n) is 53.3. The Morgan fingerprint density at radius 2 is 0.455 bits per heavy atom. The van der Waals surface area contributed by atoms with E-state index in [0.717, 1.165) is 75.5 Å². The van der Waals surface area contributed by atoms with Crippen LogP contribution in [0.1, 0.15) is 401 Å². The molecular formula is C71H138O6. The SMILES string of the molecule is CCC(C)CCCCCCCCCCCCCCCCCCCCC(=O)O[C@@H](COC(=O)CCCCCCCCCCCCCCCCCCCCC(C)C)COC(=O)CCCCCCCCCCCCCCCC(C)C. The van der Waals surface area contributed by atoms with Crippen molar-refractivity contribution in [3.05, 3.63) is 0 Å². The molecule has 0 aliphatic carbocycles. The molecule has 458 valence electrons. The summed E-state index contributed by atoms with van der Waals surface area (Å²) < 4.78 is 17.0. The Bertz CT molecular complexity index is 1200. The van der Waals surface area contributed by atoms with Gasteiger partial charge in [-0.1, -0.05) is 363 Å². The summed E-state index contributed by atoms with van der Waals surface area (Å²) in [5.74, 6) is 1.78. The Hall–Kier alpha value is -1.59. The third kappa shape index (κ3) is 63.5. The highest BCUT2D eigenvalue weighted by Crippen LogP contribution is 2.20. The summed E-state index contributed by atoms with van der Waals surface area (Å²) in [6.45, 7) is 13.9. The Kier molecular flexibility index (Phi) is 60.7. The lowest BCUT2D eigenvalue weighted by Crippen LogP contribution is -2.30. The molecule has 0 radical (unpaired) electrons. The number of carbonyl (C=O) groups excluding carboxylic acids is 3. The number of ether oxygens (including phenoxy) is 3. The minimum atomic E-state index is -0.765. The van der Waals surface area contributed by atoms with Crippen LogP contribution in [0.15, 0.2) is 0 Å². The highest BCUT2D eigenvalue weighted by molar-refractivity contribution is 5.71. The van der Waals surface area contributed by atoms with E-state index in [9.17, 15) is 14.4 Å². The van der Waals surface area contributed by atoms with Crippen LogP contribution in [0.25, 0.3) is 0 Å². The van der Waals surface area contributed by atoms with Gasteiger partial charge in [0.1, 0.15) is 13.2 Å². The molecule has 0 aromatic heterocycles. The Labute approximate surface area is 482 Å². The number of esters is 3. The van der Waals surface area contributed by atoms with E-state index in [4.69, 9.17) is 14.2 Å². The quantitative estimate of drug-likeness (QED) is 0.0343. The summed E-state index contributed by atoms with van der Waals surface area (Å²) in [6, 6.07) is 0. The van der Waals surface area contributed by atoms with Crippen LogP contribution < -0.4 is 0 Å². The first kappa shape index (κ1) is 75.4. The molecule has 0 bridgehead atoms. The molecule has 0 saturated carbocycles. The van der Waals surface area contributed by atoms with Crippen LogP contribution in [-0.4, -0.2) is 37.2 Å². The summed E-state index contributed by atoms with van der Waals surface area (Å²) in [6.07, 6.45) is 69.7. The molecule has 0 rings (SSSR count).